The number of hydrogen-bond acceptors (Lipinski definition) is 2. The molecule has 76 valence electrons. The largest absolute Gasteiger partial charge is 0.446 e. The van der Waals surface area contributed by atoms with Crippen LogP contribution in [0, 0.1) is 11.8 Å². The molecule has 0 fully saturated rings. The first-order chi connectivity index (χ1) is 7.33. The molecule has 1 aromatic heterocycles. The monoisotopic (exact) mass is 264 g/mol. The van der Waals surface area contributed by atoms with Crippen molar-refractivity contribution in [2.24, 2.45) is 0 Å². The zero-order valence-corrected chi connectivity index (χ0v) is 9.80. The molecule has 0 unspecified atom stereocenters. The molecule has 1 heterocycles. The van der Waals surface area contributed by atoms with Gasteiger partial charge in [-0.05, 0) is 34.0 Å². The van der Waals surface area contributed by atoms with Crippen molar-refractivity contribution in [3.05, 3.63) is 34.5 Å². The number of fused-ring (bicyclic) bond motifs is 1. The zero-order valence-electron chi connectivity index (χ0n) is 8.21. The van der Waals surface area contributed by atoms with Crippen LogP contribution in [0.1, 0.15) is 5.76 Å². The van der Waals surface area contributed by atoms with Gasteiger partial charge in [0.2, 0.25) is 0 Å². The van der Waals surface area contributed by atoms with Gasteiger partial charge >= 0.3 is 0 Å². The third-order valence-corrected chi connectivity index (χ3v) is 2.74. The predicted octanol–water partition coefficient (Wildman–Crippen LogP) is 3.19. The van der Waals surface area contributed by atoms with E-state index in [1.807, 2.05) is 24.3 Å². The van der Waals surface area contributed by atoms with E-state index in [2.05, 4.69) is 27.8 Å². The number of furan rings is 1. The minimum absolute atomic E-state index is 0.406. The second kappa shape index (κ2) is 4.52. The zero-order chi connectivity index (χ0) is 10.7. The second-order valence-electron chi connectivity index (χ2n) is 2.98. The third-order valence-electron chi connectivity index (χ3n) is 1.95. The number of methoxy groups -OCH3 is 1. The number of halogens is 1. The molecular weight excluding hydrogens is 256 g/mol. The van der Waals surface area contributed by atoms with Crippen LogP contribution in [0.15, 0.2) is 33.2 Å². The van der Waals surface area contributed by atoms with Gasteiger partial charge in [-0.15, -0.1) is 0 Å². The van der Waals surface area contributed by atoms with Crippen LogP contribution >= 0.6 is 15.9 Å². The first-order valence-electron chi connectivity index (χ1n) is 4.48. The molecule has 0 atom stereocenters. The molecule has 15 heavy (non-hydrogen) atoms. The Morgan fingerprint density at radius 3 is 2.93 bits per heavy atom. The maximum Gasteiger partial charge on any atom is 0.192 e. The number of ether oxygens (including phenoxy) is 1. The van der Waals surface area contributed by atoms with E-state index in [4.69, 9.17) is 9.15 Å². The minimum atomic E-state index is 0.406. The first-order valence-corrected chi connectivity index (χ1v) is 5.27. The fourth-order valence-electron chi connectivity index (χ4n) is 1.28. The normalized spacial score (nSPS) is 10.0. The molecule has 2 aromatic rings. The molecular formula is C12H9BrO2. The van der Waals surface area contributed by atoms with Crippen molar-refractivity contribution >= 4 is 26.9 Å². The SMILES string of the molecule is COCC#Cc1oc2ccccc2c1Br. The Morgan fingerprint density at radius 1 is 1.40 bits per heavy atom. The summed E-state index contributed by atoms with van der Waals surface area (Å²) in [7, 11) is 1.61. The Balaban J connectivity index is 2.46. The lowest BCUT2D eigenvalue weighted by Crippen LogP contribution is -1.81. The van der Waals surface area contributed by atoms with E-state index in [1.54, 1.807) is 7.11 Å². The van der Waals surface area contributed by atoms with Crippen LogP contribution < -0.4 is 0 Å². The molecule has 0 aliphatic carbocycles. The van der Waals surface area contributed by atoms with Gasteiger partial charge in [0.25, 0.3) is 0 Å². The van der Waals surface area contributed by atoms with E-state index >= 15 is 0 Å². The van der Waals surface area contributed by atoms with Crippen LogP contribution in [-0.4, -0.2) is 13.7 Å². The second-order valence-corrected chi connectivity index (χ2v) is 3.77. The molecule has 0 N–H and O–H groups in total. The topological polar surface area (TPSA) is 22.4 Å². The van der Waals surface area contributed by atoms with Crippen LogP contribution in [-0.2, 0) is 4.74 Å². The lowest BCUT2D eigenvalue weighted by Gasteiger charge is -1.84. The molecule has 2 nitrogen and oxygen atoms in total. The number of hydrogen-bond donors (Lipinski definition) is 0. The van der Waals surface area contributed by atoms with Gasteiger partial charge in [-0.1, -0.05) is 18.1 Å². The van der Waals surface area contributed by atoms with Crippen LogP contribution in [0.3, 0.4) is 0 Å². The van der Waals surface area contributed by atoms with Gasteiger partial charge in [-0.2, -0.15) is 0 Å². The van der Waals surface area contributed by atoms with Gasteiger partial charge < -0.3 is 9.15 Å². The maximum absolute atomic E-state index is 5.57. The molecule has 1 aromatic carbocycles. The average molecular weight is 265 g/mol. The smallest absolute Gasteiger partial charge is 0.192 e. The van der Waals surface area contributed by atoms with E-state index in [9.17, 15) is 0 Å². The first kappa shape index (κ1) is 10.3. The van der Waals surface area contributed by atoms with Crippen molar-refractivity contribution in [3.63, 3.8) is 0 Å². The molecule has 2 rings (SSSR count). The summed E-state index contributed by atoms with van der Waals surface area (Å²) in [5, 5.41) is 1.04. The summed E-state index contributed by atoms with van der Waals surface area (Å²) in [4.78, 5) is 0. The van der Waals surface area contributed by atoms with Crippen molar-refractivity contribution in [1.29, 1.82) is 0 Å². The molecule has 0 bridgehead atoms. The molecule has 0 saturated carbocycles. The summed E-state index contributed by atoms with van der Waals surface area (Å²) >= 11 is 3.47. The van der Waals surface area contributed by atoms with Crippen LogP contribution in [0.5, 0.6) is 0 Å². The standard InChI is InChI=1S/C12H9BrO2/c1-14-8-4-7-11-12(13)9-5-2-3-6-10(9)15-11/h2-3,5-6H,8H2,1H3. The Bertz CT molecular complexity index is 531. The van der Waals surface area contributed by atoms with Crippen LogP contribution in [0.2, 0.25) is 0 Å². The highest BCUT2D eigenvalue weighted by molar-refractivity contribution is 9.10. The van der Waals surface area contributed by atoms with E-state index in [0.29, 0.717) is 12.4 Å². The van der Waals surface area contributed by atoms with Crippen molar-refractivity contribution in [1.82, 2.24) is 0 Å². The van der Waals surface area contributed by atoms with E-state index < -0.39 is 0 Å². The summed E-state index contributed by atoms with van der Waals surface area (Å²) < 4.78 is 11.3. The summed E-state index contributed by atoms with van der Waals surface area (Å²) in [5.41, 5.74) is 0.839. The molecule has 0 spiro atoms. The lowest BCUT2D eigenvalue weighted by molar-refractivity contribution is 0.239. The highest BCUT2D eigenvalue weighted by atomic mass is 79.9. The van der Waals surface area contributed by atoms with Crippen LogP contribution in [0.4, 0.5) is 0 Å². The van der Waals surface area contributed by atoms with Gasteiger partial charge in [0.15, 0.2) is 5.76 Å². The van der Waals surface area contributed by atoms with E-state index in [0.717, 1.165) is 15.4 Å². The van der Waals surface area contributed by atoms with Crippen molar-refractivity contribution in [3.8, 4) is 11.8 Å². The minimum Gasteiger partial charge on any atom is -0.446 e. The van der Waals surface area contributed by atoms with Crippen LogP contribution in [0.25, 0.3) is 11.0 Å². The summed E-state index contributed by atoms with van der Waals surface area (Å²) in [6, 6.07) is 7.81. The number of para-hydroxylation sites is 1. The summed E-state index contributed by atoms with van der Waals surface area (Å²) in [6.07, 6.45) is 0. The molecule has 0 aliphatic heterocycles. The Morgan fingerprint density at radius 2 is 2.20 bits per heavy atom. The fourth-order valence-corrected chi connectivity index (χ4v) is 1.79. The van der Waals surface area contributed by atoms with E-state index in [-0.39, 0.29) is 0 Å². The van der Waals surface area contributed by atoms with Gasteiger partial charge in [-0.3, -0.25) is 0 Å². The van der Waals surface area contributed by atoms with Crippen molar-refractivity contribution in [2.45, 2.75) is 0 Å². The molecule has 0 saturated heterocycles. The number of benzene rings is 1. The average Bonchev–Trinajstić information content (AvgIpc) is 2.57. The molecule has 3 heteroatoms. The quantitative estimate of drug-likeness (QED) is 0.739. The lowest BCUT2D eigenvalue weighted by atomic mass is 10.2. The molecule has 0 radical (unpaired) electrons. The highest BCUT2D eigenvalue weighted by Gasteiger charge is 2.08. The summed E-state index contributed by atoms with van der Waals surface area (Å²) in [5.74, 6) is 6.42. The maximum atomic E-state index is 5.57. The van der Waals surface area contributed by atoms with Gasteiger partial charge in [-0.25, -0.2) is 0 Å². The summed E-state index contributed by atoms with van der Waals surface area (Å²) in [6.45, 7) is 0.406. The number of rotatable bonds is 1. The van der Waals surface area contributed by atoms with Gasteiger partial charge in [0.05, 0.1) is 4.47 Å². The van der Waals surface area contributed by atoms with E-state index in [1.165, 1.54) is 0 Å². The fraction of sp³-hybridized carbons (Fsp3) is 0.167. The molecule has 0 aliphatic rings. The Hall–Kier alpha value is -1.24. The van der Waals surface area contributed by atoms with Gasteiger partial charge in [0, 0.05) is 12.5 Å². The predicted molar refractivity (Wildman–Crippen MR) is 62.7 cm³/mol. The third kappa shape index (κ3) is 2.06. The Kier molecular flexibility index (Phi) is 3.10. The van der Waals surface area contributed by atoms with Crippen molar-refractivity contribution in [2.75, 3.05) is 13.7 Å². The molecule has 0 amide bonds. The Labute approximate surface area is 96.3 Å². The van der Waals surface area contributed by atoms with Crippen molar-refractivity contribution < 1.29 is 9.15 Å². The van der Waals surface area contributed by atoms with Gasteiger partial charge in [0.1, 0.15) is 12.2 Å². The highest BCUT2D eigenvalue weighted by Crippen LogP contribution is 2.29.